The van der Waals surface area contributed by atoms with Crippen LogP contribution < -0.4 is 5.32 Å². The van der Waals surface area contributed by atoms with Gasteiger partial charge in [-0.2, -0.15) is 0 Å². The van der Waals surface area contributed by atoms with Crippen LogP contribution in [0.2, 0.25) is 0 Å². The smallest absolute Gasteiger partial charge is 0.223 e. The van der Waals surface area contributed by atoms with E-state index in [1.165, 1.54) is 12.8 Å². The Balaban J connectivity index is 2.46. The molecule has 0 radical (unpaired) electrons. The van der Waals surface area contributed by atoms with E-state index in [1.807, 2.05) is 0 Å². The van der Waals surface area contributed by atoms with Gasteiger partial charge in [0.25, 0.3) is 0 Å². The number of alkyl halides is 1. The maximum atomic E-state index is 12.1. The molecule has 2 atom stereocenters. The van der Waals surface area contributed by atoms with E-state index in [4.69, 9.17) is 0 Å². The molecular weight excluding hydrogens is 278 g/mol. The number of rotatable bonds is 6. The van der Waals surface area contributed by atoms with E-state index >= 15 is 0 Å². The summed E-state index contributed by atoms with van der Waals surface area (Å²) >= 11 is 3.59. The largest absolute Gasteiger partial charge is 0.355 e. The predicted octanol–water partition coefficient (Wildman–Crippen LogP) is 3.74. The number of halogens is 1. The summed E-state index contributed by atoms with van der Waals surface area (Å²) in [7, 11) is 0. The van der Waals surface area contributed by atoms with E-state index in [0.29, 0.717) is 5.92 Å². The minimum Gasteiger partial charge on any atom is -0.355 e. The number of amides is 1. The normalized spacial score (nSPS) is 24.9. The third-order valence-electron chi connectivity index (χ3n) is 4.62. The van der Waals surface area contributed by atoms with Gasteiger partial charge in [-0.1, -0.05) is 43.1 Å². The topological polar surface area (TPSA) is 29.1 Å². The Labute approximate surface area is 114 Å². The molecule has 1 aliphatic carbocycles. The Morgan fingerprint density at radius 1 is 1.35 bits per heavy atom. The monoisotopic (exact) mass is 303 g/mol. The molecular formula is C14H26BrNO. The van der Waals surface area contributed by atoms with Crippen LogP contribution in [0.15, 0.2) is 0 Å². The van der Waals surface area contributed by atoms with Gasteiger partial charge in [-0.05, 0) is 37.0 Å². The zero-order valence-electron chi connectivity index (χ0n) is 11.4. The molecule has 17 heavy (non-hydrogen) atoms. The number of carbonyl (C=O) groups is 1. The van der Waals surface area contributed by atoms with Gasteiger partial charge < -0.3 is 5.32 Å². The Kier molecular flexibility index (Phi) is 5.98. The van der Waals surface area contributed by atoms with Crippen LogP contribution in [-0.4, -0.2) is 17.8 Å². The molecule has 0 aromatic heterocycles. The molecule has 2 nitrogen and oxygen atoms in total. The third kappa shape index (κ3) is 3.70. The highest BCUT2D eigenvalue weighted by molar-refractivity contribution is 9.09. The number of hydrogen-bond acceptors (Lipinski definition) is 1. The van der Waals surface area contributed by atoms with Crippen molar-refractivity contribution >= 4 is 21.8 Å². The lowest BCUT2D eigenvalue weighted by atomic mass is 9.84. The van der Waals surface area contributed by atoms with E-state index in [1.54, 1.807) is 0 Å². The van der Waals surface area contributed by atoms with Gasteiger partial charge in [0.2, 0.25) is 5.91 Å². The molecule has 0 bridgehead atoms. The first kappa shape index (κ1) is 15.0. The lowest BCUT2D eigenvalue weighted by Gasteiger charge is -2.30. The molecule has 0 heterocycles. The van der Waals surface area contributed by atoms with Gasteiger partial charge in [-0.3, -0.25) is 4.79 Å². The summed E-state index contributed by atoms with van der Waals surface area (Å²) in [5.74, 6) is 1.11. The maximum absolute atomic E-state index is 12.1. The predicted molar refractivity (Wildman–Crippen MR) is 76.3 cm³/mol. The second kappa shape index (κ2) is 6.77. The SMILES string of the molecule is CCC(CC)(CBr)CNC(=O)C1CCCC1C. The molecule has 1 amide bonds. The highest BCUT2D eigenvalue weighted by Crippen LogP contribution is 2.32. The van der Waals surface area contributed by atoms with Crippen molar-refractivity contribution in [2.45, 2.75) is 52.9 Å². The average molecular weight is 304 g/mol. The van der Waals surface area contributed by atoms with Crippen molar-refractivity contribution in [1.82, 2.24) is 5.32 Å². The average Bonchev–Trinajstić information content (AvgIpc) is 2.78. The van der Waals surface area contributed by atoms with Crippen molar-refractivity contribution < 1.29 is 4.79 Å². The fraction of sp³-hybridized carbons (Fsp3) is 0.929. The molecule has 2 unspecified atom stereocenters. The third-order valence-corrected chi connectivity index (χ3v) is 5.81. The van der Waals surface area contributed by atoms with E-state index in [9.17, 15) is 4.79 Å². The van der Waals surface area contributed by atoms with Gasteiger partial charge in [0.15, 0.2) is 0 Å². The molecule has 0 aromatic rings. The first-order valence-corrected chi connectivity index (χ1v) is 8.04. The van der Waals surface area contributed by atoms with Crippen LogP contribution in [-0.2, 0) is 4.79 Å². The van der Waals surface area contributed by atoms with Gasteiger partial charge in [0.05, 0.1) is 0 Å². The summed E-state index contributed by atoms with van der Waals surface area (Å²) in [5.41, 5.74) is 0.234. The summed E-state index contributed by atoms with van der Waals surface area (Å²) in [5, 5.41) is 4.15. The summed E-state index contributed by atoms with van der Waals surface area (Å²) in [4.78, 5) is 12.1. The van der Waals surface area contributed by atoms with Crippen LogP contribution in [0.1, 0.15) is 52.9 Å². The molecule has 0 aromatic carbocycles. The summed E-state index contributed by atoms with van der Waals surface area (Å²) < 4.78 is 0. The molecule has 1 saturated carbocycles. The molecule has 1 fully saturated rings. The van der Waals surface area contributed by atoms with Gasteiger partial charge in [0, 0.05) is 17.8 Å². The highest BCUT2D eigenvalue weighted by Gasteiger charge is 2.31. The van der Waals surface area contributed by atoms with Crippen LogP contribution in [0.4, 0.5) is 0 Å². The van der Waals surface area contributed by atoms with Crippen LogP contribution in [0.5, 0.6) is 0 Å². The molecule has 1 rings (SSSR count). The first-order valence-electron chi connectivity index (χ1n) is 6.92. The molecule has 0 aliphatic heterocycles. The van der Waals surface area contributed by atoms with Gasteiger partial charge in [-0.15, -0.1) is 0 Å². The fourth-order valence-corrected chi connectivity index (χ4v) is 3.67. The van der Waals surface area contributed by atoms with Crippen molar-refractivity contribution in [2.24, 2.45) is 17.3 Å². The van der Waals surface area contributed by atoms with Crippen LogP contribution in [0.3, 0.4) is 0 Å². The zero-order valence-corrected chi connectivity index (χ0v) is 13.0. The molecule has 0 saturated heterocycles. The minimum absolute atomic E-state index is 0.234. The van der Waals surface area contributed by atoms with Gasteiger partial charge in [0.1, 0.15) is 0 Å². The van der Waals surface area contributed by atoms with Crippen molar-refractivity contribution in [3.8, 4) is 0 Å². The van der Waals surface area contributed by atoms with Crippen molar-refractivity contribution in [3.05, 3.63) is 0 Å². The lowest BCUT2D eigenvalue weighted by molar-refractivity contribution is -0.126. The molecule has 1 aliphatic rings. The molecule has 1 N–H and O–H groups in total. The number of nitrogens with one attached hydrogen (secondary N) is 1. The van der Waals surface area contributed by atoms with Crippen LogP contribution in [0, 0.1) is 17.3 Å². The van der Waals surface area contributed by atoms with Gasteiger partial charge in [-0.25, -0.2) is 0 Å². The Hall–Kier alpha value is -0.0500. The highest BCUT2D eigenvalue weighted by atomic mass is 79.9. The molecule has 3 heteroatoms. The van der Waals surface area contributed by atoms with E-state index in [0.717, 1.165) is 31.1 Å². The Morgan fingerprint density at radius 2 is 2.00 bits per heavy atom. The fourth-order valence-electron chi connectivity index (χ4n) is 2.68. The number of hydrogen-bond donors (Lipinski definition) is 1. The summed E-state index contributed by atoms with van der Waals surface area (Å²) in [6.45, 7) is 7.42. The van der Waals surface area contributed by atoms with E-state index in [2.05, 4.69) is 42.0 Å². The quantitative estimate of drug-likeness (QED) is 0.744. The zero-order chi connectivity index (χ0) is 12.9. The second-order valence-corrected chi connectivity index (χ2v) is 6.13. The summed E-state index contributed by atoms with van der Waals surface area (Å²) in [6, 6.07) is 0. The second-order valence-electron chi connectivity index (χ2n) is 5.57. The van der Waals surface area contributed by atoms with Crippen LogP contribution >= 0.6 is 15.9 Å². The first-order chi connectivity index (χ1) is 8.08. The minimum atomic E-state index is 0.234. The van der Waals surface area contributed by atoms with E-state index < -0.39 is 0 Å². The maximum Gasteiger partial charge on any atom is 0.223 e. The molecule has 0 spiro atoms. The van der Waals surface area contributed by atoms with Crippen molar-refractivity contribution in [3.63, 3.8) is 0 Å². The van der Waals surface area contributed by atoms with Crippen LogP contribution in [0.25, 0.3) is 0 Å². The summed E-state index contributed by atoms with van der Waals surface area (Å²) in [6.07, 6.45) is 5.71. The Morgan fingerprint density at radius 3 is 2.41 bits per heavy atom. The molecule has 100 valence electrons. The Bertz CT molecular complexity index is 242. The lowest BCUT2D eigenvalue weighted by Crippen LogP contribution is -2.41. The van der Waals surface area contributed by atoms with E-state index in [-0.39, 0.29) is 17.2 Å². The standard InChI is InChI=1S/C14H26BrNO/c1-4-14(5-2,9-15)10-16-13(17)12-8-6-7-11(12)3/h11-12H,4-10H2,1-3H3,(H,16,17). The van der Waals surface area contributed by atoms with Crippen molar-refractivity contribution in [1.29, 1.82) is 0 Å². The van der Waals surface area contributed by atoms with Gasteiger partial charge >= 0.3 is 0 Å². The number of carbonyl (C=O) groups excluding carboxylic acids is 1. The van der Waals surface area contributed by atoms with Crippen molar-refractivity contribution in [2.75, 3.05) is 11.9 Å².